The number of carbonyl (C=O) groups excluding carboxylic acids is 1. The first-order valence-corrected chi connectivity index (χ1v) is 16.9. The van der Waals surface area contributed by atoms with Crippen LogP contribution in [0.1, 0.15) is 64.1 Å². The number of halogens is 1. The Bertz CT molecular complexity index is 2310. The predicted octanol–water partition coefficient (Wildman–Crippen LogP) is 8.49. The summed E-state index contributed by atoms with van der Waals surface area (Å²) in [6.45, 7) is 14.4. The number of rotatable bonds is 10. The summed E-state index contributed by atoms with van der Waals surface area (Å²) >= 11 is 0. The molecule has 10 heteroatoms. The van der Waals surface area contributed by atoms with Crippen molar-refractivity contribution in [1.82, 2.24) is 19.6 Å². The fraction of sp³-hybridized carbons (Fsp3) is 0.250. The van der Waals surface area contributed by atoms with Gasteiger partial charge in [-0.2, -0.15) is 14.9 Å². The molecule has 0 aliphatic carbocycles. The van der Waals surface area contributed by atoms with E-state index in [4.69, 9.17) is 10.8 Å². The average Bonchev–Trinajstić information content (AvgIpc) is 3.53. The standard InChI is InChI=1S/C40H42FN7O2/c1-8-15-47-33(13-14-43-47)27-20-30(39(42)49)38(45-37-23(4)16-22(3)17-24(37)5)34(21-27)48-40(50)35-29(31(9-2)46-48)11-10-12-32(35)44-36-25(6)18-28(41)19-26(36)7/h10-14,16-21,44-45H,8-9,15H2,1-7H3,(H2,42,49). The first kappa shape index (κ1) is 34.1. The van der Waals surface area contributed by atoms with Gasteiger partial charge in [-0.3, -0.25) is 14.3 Å². The molecule has 0 spiro atoms. The van der Waals surface area contributed by atoms with E-state index >= 15 is 0 Å². The second kappa shape index (κ2) is 13.6. The number of amides is 1. The molecule has 0 atom stereocenters. The third kappa shape index (κ3) is 6.24. The van der Waals surface area contributed by atoms with Gasteiger partial charge in [-0.15, -0.1) is 0 Å². The smallest absolute Gasteiger partial charge is 0.281 e. The molecule has 6 aromatic rings. The van der Waals surface area contributed by atoms with Crippen molar-refractivity contribution in [3.05, 3.63) is 122 Å². The number of hydrogen-bond acceptors (Lipinski definition) is 6. The molecule has 0 fully saturated rings. The predicted molar refractivity (Wildman–Crippen MR) is 200 cm³/mol. The Labute approximate surface area is 291 Å². The second-order valence-corrected chi connectivity index (χ2v) is 12.9. The zero-order valence-corrected chi connectivity index (χ0v) is 29.5. The first-order valence-electron chi connectivity index (χ1n) is 16.9. The van der Waals surface area contributed by atoms with Crippen molar-refractivity contribution in [3.8, 4) is 16.9 Å². The van der Waals surface area contributed by atoms with Gasteiger partial charge in [0, 0.05) is 35.1 Å². The van der Waals surface area contributed by atoms with Crippen LogP contribution in [0.3, 0.4) is 0 Å². The van der Waals surface area contributed by atoms with E-state index in [0.29, 0.717) is 63.2 Å². The summed E-state index contributed by atoms with van der Waals surface area (Å²) in [6, 6.07) is 18.1. The van der Waals surface area contributed by atoms with Gasteiger partial charge in [0.25, 0.3) is 11.5 Å². The number of nitrogens with zero attached hydrogens (tertiary/aromatic N) is 4. The number of aromatic nitrogens is 4. The summed E-state index contributed by atoms with van der Waals surface area (Å²) in [5, 5.41) is 17.5. The molecule has 6 rings (SSSR count). The summed E-state index contributed by atoms with van der Waals surface area (Å²) in [4.78, 5) is 28.2. The van der Waals surface area contributed by atoms with E-state index in [0.717, 1.165) is 40.2 Å². The lowest BCUT2D eigenvalue weighted by molar-refractivity contribution is 0.100. The molecule has 2 aromatic heterocycles. The molecule has 256 valence electrons. The van der Waals surface area contributed by atoms with Crippen molar-refractivity contribution in [3.63, 3.8) is 0 Å². The van der Waals surface area contributed by atoms with Crippen molar-refractivity contribution in [1.29, 1.82) is 0 Å². The Hall–Kier alpha value is -5.77. The van der Waals surface area contributed by atoms with Crippen LogP contribution >= 0.6 is 0 Å². The number of benzene rings is 4. The normalized spacial score (nSPS) is 11.3. The number of carbonyl (C=O) groups is 1. The van der Waals surface area contributed by atoms with Crippen LogP contribution in [0.15, 0.2) is 71.7 Å². The number of primary amides is 1. The number of anilines is 4. The van der Waals surface area contributed by atoms with Crippen LogP contribution in [0.2, 0.25) is 0 Å². The zero-order valence-electron chi connectivity index (χ0n) is 29.5. The highest BCUT2D eigenvalue weighted by Crippen LogP contribution is 2.37. The van der Waals surface area contributed by atoms with Crippen molar-refractivity contribution in [2.24, 2.45) is 5.73 Å². The number of aryl methyl sites for hydroxylation is 7. The number of nitrogens with two attached hydrogens (primary N) is 1. The monoisotopic (exact) mass is 671 g/mol. The van der Waals surface area contributed by atoms with Crippen molar-refractivity contribution < 1.29 is 9.18 Å². The molecule has 1 amide bonds. The van der Waals surface area contributed by atoms with Crippen LogP contribution in [-0.2, 0) is 13.0 Å². The molecule has 4 aromatic carbocycles. The summed E-state index contributed by atoms with van der Waals surface area (Å²) in [5.41, 5.74) is 15.3. The van der Waals surface area contributed by atoms with Gasteiger partial charge < -0.3 is 16.4 Å². The van der Waals surface area contributed by atoms with Crippen LogP contribution in [0.4, 0.5) is 27.1 Å². The summed E-state index contributed by atoms with van der Waals surface area (Å²) < 4.78 is 17.5. The fourth-order valence-electron chi connectivity index (χ4n) is 6.86. The Morgan fingerprint density at radius 2 is 1.52 bits per heavy atom. The van der Waals surface area contributed by atoms with Gasteiger partial charge in [0.1, 0.15) is 5.82 Å². The molecule has 0 radical (unpaired) electrons. The molecule has 0 unspecified atom stereocenters. The summed E-state index contributed by atoms with van der Waals surface area (Å²) in [6.07, 6.45) is 3.09. The van der Waals surface area contributed by atoms with Crippen LogP contribution < -0.4 is 21.9 Å². The summed E-state index contributed by atoms with van der Waals surface area (Å²) in [5.74, 6) is -0.985. The minimum atomic E-state index is -0.659. The molecule has 4 N–H and O–H groups in total. The molecule has 2 heterocycles. The number of fused-ring (bicyclic) bond motifs is 1. The number of nitrogens with one attached hydrogen (secondary N) is 2. The summed E-state index contributed by atoms with van der Waals surface area (Å²) in [7, 11) is 0. The maximum atomic E-state index is 14.9. The molecule has 0 aliphatic heterocycles. The SMILES string of the molecule is CCCn1nccc1-c1cc(C(N)=O)c(Nc2c(C)cc(C)cc2C)c(-n2nc(CC)c3cccc(Nc4c(C)cc(F)cc4C)c3c2=O)c1. The molecular weight excluding hydrogens is 629 g/mol. The Balaban J connectivity index is 1.69. The van der Waals surface area contributed by atoms with Crippen LogP contribution in [-0.4, -0.2) is 25.5 Å². The van der Waals surface area contributed by atoms with E-state index in [1.807, 2.05) is 76.6 Å². The second-order valence-electron chi connectivity index (χ2n) is 12.9. The van der Waals surface area contributed by atoms with Gasteiger partial charge in [0.05, 0.1) is 39.4 Å². The van der Waals surface area contributed by atoms with E-state index in [1.54, 1.807) is 12.3 Å². The van der Waals surface area contributed by atoms with Gasteiger partial charge in [0.2, 0.25) is 0 Å². The molecule has 9 nitrogen and oxygen atoms in total. The van der Waals surface area contributed by atoms with E-state index in [-0.39, 0.29) is 11.4 Å². The molecule has 0 aliphatic rings. The quantitative estimate of drug-likeness (QED) is 0.134. The fourth-order valence-corrected chi connectivity index (χ4v) is 6.86. The molecule has 0 saturated carbocycles. The van der Waals surface area contributed by atoms with Gasteiger partial charge in [-0.05, 0) is 106 Å². The van der Waals surface area contributed by atoms with E-state index in [9.17, 15) is 14.0 Å². The third-order valence-corrected chi connectivity index (χ3v) is 9.08. The van der Waals surface area contributed by atoms with Gasteiger partial charge in [0.15, 0.2) is 0 Å². The van der Waals surface area contributed by atoms with Crippen LogP contribution in [0, 0.1) is 40.4 Å². The van der Waals surface area contributed by atoms with E-state index in [2.05, 4.69) is 34.8 Å². The highest BCUT2D eigenvalue weighted by Gasteiger charge is 2.24. The van der Waals surface area contributed by atoms with Gasteiger partial charge >= 0.3 is 0 Å². The minimum absolute atomic E-state index is 0.206. The molecular formula is C40H42FN7O2. The third-order valence-electron chi connectivity index (χ3n) is 9.08. The maximum absolute atomic E-state index is 14.9. The van der Waals surface area contributed by atoms with E-state index < -0.39 is 11.5 Å². The zero-order chi connectivity index (χ0) is 35.9. The number of hydrogen-bond donors (Lipinski definition) is 3. The van der Waals surface area contributed by atoms with Crippen molar-refractivity contribution >= 4 is 39.4 Å². The lowest BCUT2D eigenvalue weighted by Crippen LogP contribution is -2.26. The highest BCUT2D eigenvalue weighted by molar-refractivity contribution is 6.03. The van der Waals surface area contributed by atoms with Crippen molar-refractivity contribution in [2.45, 2.75) is 67.9 Å². The lowest BCUT2D eigenvalue weighted by atomic mass is 10.0. The topological polar surface area (TPSA) is 120 Å². The minimum Gasteiger partial charge on any atom is -0.366 e. The Morgan fingerprint density at radius 3 is 2.16 bits per heavy atom. The first-order chi connectivity index (χ1) is 23.9. The van der Waals surface area contributed by atoms with Gasteiger partial charge in [-0.25, -0.2) is 4.39 Å². The van der Waals surface area contributed by atoms with Gasteiger partial charge in [-0.1, -0.05) is 43.7 Å². The molecule has 0 saturated heterocycles. The molecule has 50 heavy (non-hydrogen) atoms. The van der Waals surface area contributed by atoms with E-state index in [1.165, 1.54) is 16.8 Å². The largest absolute Gasteiger partial charge is 0.366 e. The van der Waals surface area contributed by atoms with Crippen LogP contribution in [0.25, 0.3) is 27.7 Å². The maximum Gasteiger partial charge on any atom is 0.281 e. The Kier molecular flexibility index (Phi) is 9.29. The lowest BCUT2D eigenvalue weighted by Gasteiger charge is -2.22. The Morgan fingerprint density at radius 1 is 0.860 bits per heavy atom. The molecule has 0 bridgehead atoms. The highest BCUT2D eigenvalue weighted by atomic mass is 19.1. The van der Waals surface area contributed by atoms with Crippen molar-refractivity contribution in [2.75, 3.05) is 10.6 Å². The average molecular weight is 672 g/mol. The van der Waals surface area contributed by atoms with Crippen LogP contribution in [0.5, 0.6) is 0 Å².